The molecule has 2 aliphatic heterocycles. The van der Waals surface area contributed by atoms with Gasteiger partial charge in [-0.15, -0.1) is 0 Å². The molecule has 4 amide bonds. The second kappa shape index (κ2) is 11.0. The first kappa shape index (κ1) is 25.9. The van der Waals surface area contributed by atoms with Crippen LogP contribution in [0.1, 0.15) is 31.2 Å². The van der Waals surface area contributed by atoms with Crippen LogP contribution in [0.5, 0.6) is 0 Å². The van der Waals surface area contributed by atoms with E-state index in [-0.39, 0.29) is 37.7 Å². The van der Waals surface area contributed by atoms with Gasteiger partial charge in [0.2, 0.25) is 0 Å². The number of benzene rings is 3. The van der Waals surface area contributed by atoms with Crippen molar-refractivity contribution < 1.29 is 19.5 Å². The van der Waals surface area contributed by atoms with Crippen LogP contribution in [0.15, 0.2) is 84.9 Å². The Morgan fingerprint density at radius 1 is 0.775 bits per heavy atom. The van der Waals surface area contributed by atoms with Gasteiger partial charge in [-0.3, -0.25) is 9.80 Å². The molecule has 8 heteroatoms. The van der Waals surface area contributed by atoms with Crippen LogP contribution in [-0.2, 0) is 11.2 Å². The molecule has 206 valence electrons. The molecule has 0 radical (unpaired) electrons. The molecule has 40 heavy (non-hydrogen) atoms. The van der Waals surface area contributed by atoms with Gasteiger partial charge in [-0.25, -0.2) is 14.4 Å². The largest absolute Gasteiger partial charge is 0.480 e. The van der Waals surface area contributed by atoms with Crippen LogP contribution in [0.4, 0.5) is 26.7 Å². The monoisotopic (exact) mass is 538 g/mol. The molecule has 3 aromatic carbocycles. The second-order valence-electron chi connectivity index (χ2n) is 10.9. The van der Waals surface area contributed by atoms with E-state index in [2.05, 4.69) is 6.07 Å². The number of fused-ring (bicyclic) bond motifs is 2. The summed E-state index contributed by atoms with van der Waals surface area (Å²) in [5.74, 6) is -0.730. The highest BCUT2D eigenvalue weighted by Gasteiger charge is 2.45. The predicted octanol–water partition coefficient (Wildman–Crippen LogP) is 5.76. The highest BCUT2D eigenvalue weighted by atomic mass is 16.4. The zero-order valence-corrected chi connectivity index (χ0v) is 22.4. The Kier molecular flexibility index (Phi) is 7.15. The van der Waals surface area contributed by atoms with Crippen LogP contribution in [0.2, 0.25) is 0 Å². The first-order valence-corrected chi connectivity index (χ1v) is 14.1. The number of hydrogen-bond donors (Lipinski definition) is 1. The van der Waals surface area contributed by atoms with Gasteiger partial charge in [0.25, 0.3) is 0 Å². The molecule has 0 spiro atoms. The number of para-hydroxylation sites is 3. The smallest absolute Gasteiger partial charge is 0.329 e. The lowest BCUT2D eigenvalue weighted by Gasteiger charge is -2.48. The highest BCUT2D eigenvalue weighted by molar-refractivity contribution is 6.00. The molecule has 6 rings (SSSR count). The molecule has 8 nitrogen and oxygen atoms in total. The fraction of sp³-hybridized carbons (Fsp3) is 0.344. The van der Waals surface area contributed by atoms with Gasteiger partial charge in [0.05, 0.1) is 17.9 Å². The third-order valence-corrected chi connectivity index (χ3v) is 8.54. The Morgan fingerprint density at radius 2 is 1.40 bits per heavy atom. The van der Waals surface area contributed by atoms with Crippen molar-refractivity contribution in [3.05, 3.63) is 90.5 Å². The highest BCUT2D eigenvalue weighted by Crippen LogP contribution is 2.41. The van der Waals surface area contributed by atoms with Gasteiger partial charge in [-0.05, 0) is 61.1 Å². The second-order valence-corrected chi connectivity index (χ2v) is 10.9. The summed E-state index contributed by atoms with van der Waals surface area (Å²) >= 11 is 0. The van der Waals surface area contributed by atoms with Crippen molar-refractivity contribution in [1.82, 2.24) is 9.80 Å². The Hall–Kier alpha value is -4.33. The molecule has 2 heterocycles. The summed E-state index contributed by atoms with van der Waals surface area (Å²) in [5.41, 5.74) is 3.41. The quantitative estimate of drug-likeness (QED) is 0.460. The lowest BCUT2D eigenvalue weighted by Crippen LogP contribution is -2.65. The Labute approximate surface area is 234 Å². The van der Waals surface area contributed by atoms with Crippen LogP contribution < -0.4 is 9.80 Å². The van der Waals surface area contributed by atoms with Crippen molar-refractivity contribution in [2.45, 2.75) is 44.2 Å². The molecule has 1 saturated carbocycles. The fourth-order valence-corrected chi connectivity index (χ4v) is 6.59. The Bertz CT molecular complexity index is 1340. The number of rotatable bonds is 3. The van der Waals surface area contributed by atoms with Crippen molar-refractivity contribution in [3.63, 3.8) is 0 Å². The van der Waals surface area contributed by atoms with Crippen molar-refractivity contribution in [2.75, 3.05) is 29.4 Å². The summed E-state index contributed by atoms with van der Waals surface area (Å²) in [6, 6.07) is 25.0. The number of carbonyl (C=O) groups excluding carboxylic acids is 2. The predicted molar refractivity (Wildman–Crippen MR) is 154 cm³/mol. The molecule has 3 atom stereocenters. The SMILES string of the molecule is O=C(O)[C@@H]1CN(C(=O)N(c2ccccc2)c2ccccc2)CCN1C(=O)N1c2ccccc2CC2CCCCC21. The van der Waals surface area contributed by atoms with Crippen LogP contribution >= 0.6 is 0 Å². The number of amides is 4. The van der Waals surface area contributed by atoms with E-state index in [1.165, 1.54) is 4.90 Å². The number of carbonyl (C=O) groups is 3. The number of hydrogen-bond acceptors (Lipinski definition) is 3. The number of carboxylic acids is 1. The van der Waals surface area contributed by atoms with E-state index in [9.17, 15) is 19.5 Å². The van der Waals surface area contributed by atoms with Crippen molar-refractivity contribution in [2.24, 2.45) is 5.92 Å². The summed E-state index contributed by atoms with van der Waals surface area (Å²) < 4.78 is 0. The summed E-state index contributed by atoms with van der Waals surface area (Å²) in [6.45, 7) is 0.308. The van der Waals surface area contributed by atoms with E-state index >= 15 is 0 Å². The van der Waals surface area contributed by atoms with Gasteiger partial charge < -0.3 is 14.9 Å². The number of anilines is 3. The molecule has 0 aromatic heterocycles. The minimum Gasteiger partial charge on any atom is -0.480 e. The summed E-state index contributed by atoms with van der Waals surface area (Å²) in [7, 11) is 0. The lowest BCUT2D eigenvalue weighted by molar-refractivity contribution is -0.143. The Balaban J connectivity index is 1.28. The van der Waals surface area contributed by atoms with E-state index in [0.717, 1.165) is 43.4 Å². The zero-order valence-electron chi connectivity index (χ0n) is 22.4. The van der Waals surface area contributed by atoms with Crippen molar-refractivity contribution in [1.29, 1.82) is 0 Å². The number of nitrogens with zero attached hydrogens (tertiary/aromatic N) is 4. The lowest BCUT2D eigenvalue weighted by atomic mass is 9.76. The summed E-state index contributed by atoms with van der Waals surface area (Å²) in [4.78, 5) is 47.2. The van der Waals surface area contributed by atoms with Gasteiger partial charge in [0.1, 0.15) is 6.04 Å². The van der Waals surface area contributed by atoms with E-state index in [0.29, 0.717) is 17.3 Å². The molecule has 1 N–H and O–H groups in total. The maximum absolute atomic E-state index is 14.2. The number of carboxylic acid groups (broad SMARTS) is 1. The molecule has 3 aliphatic rings. The van der Waals surface area contributed by atoms with Crippen molar-refractivity contribution in [3.8, 4) is 0 Å². The minimum absolute atomic E-state index is 0.0666. The van der Waals surface area contributed by atoms with Gasteiger partial charge >= 0.3 is 18.0 Å². The standard InChI is InChI=1S/C32H34N4O4/c37-30(38)29-22-33(31(39)35(25-13-3-1-4-14-25)26-15-5-2-6-16-26)19-20-34(29)32(40)36-27-17-9-7-11-23(27)21-24-12-8-10-18-28(24)36/h1-7,9,11,13-17,24,28-29H,8,10,12,18-22H2,(H,37,38)/t24?,28?,29-/m0/s1. The van der Waals surface area contributed by atoms with Gasteiger partial charge in [0.15, 0.2) is 0 Å². The maximum atomic E-state index is 14.2. The van der Waals surface area contributed by atoms with Crippen LogP contribution in [0.3, 0.4) is 0 Å². The molecule has 0 bridgehead atoms. The van der Waals surface area contributed by atoms with E-state index < -0.39 is 12.0 Å². The normalized spacial score (nSPS) is 22.2. The number of aliphatic carboxylic acids is 1. The average Bonchev–Trinajstić information content (AvgIpc) is 3.00. The van der Waals surface area contributed by atoms with Crippen LogP contribution in [0.25, 0.3) is 0 Å². The molecule has 2 unspecified atom stereocenters. The number of urea groups is 2. The minimum atomic E-state index is -1.14. The van der Waals surface area contributed by atoms with Crippen LogP contribution in [-0.4, -0.2) is 64.7 Å². The third kappa shape index (κ3) is 4.78. The van der Waals surface area contributed by atoms with E-state index in [1.54, 1.807) is 9.80 Å². The summed E-state index contributed by atoms with van der Waals surface area (Å²) in [6.07, 6.45) is 5.16. The van der Waals surface area contributed by atoms with E-state index in [1.807, 2.05) is 83.8 Å². The van der Waals surface area contributed by atoms with Gasteiger partial charge in [-0.2, -0.15) is 0 Å². The fourth-order valence-electron chi connectivity index (χ4n) is 6.59. The van der Waals surface area contributed by atoms with Gasteiger partial charge in [0, 0.05) is 24.8 Å². The van der Waals surface area contributed by atoms with E-state index in [4.69, 9.17) is 0 Å². The zero-order chi connectivity index (χ0) is 27.6. The molecular formula is C32H34N4O4. The maximum Gasteiger partial charge on any atom is 0.329 e. The van der Waals surface area contributed by atoms with Gasteiger partial charge in [-0.1, -0.05) is 67.4 Å². The Morgan fingerprint density at radius 3 is 2.08 bits per heavy atom. The van der Waals surface area contributed by atoms with Crippen LogP contribution in [0, 0.1) is 5.92 Å². The molecular weight excluding hydrogens is 504 g/mol. The average molecular weight is 539 g/mol. The molecule has 3 aromatic rings. The molecule has 2 fully saturated rings. The summed E-state index contributed by atoms with van der Waals surface area (Å²) in [5, 5.41) is 10.3. The topological polar surface area (TPSA) is 84.4 Å². The molecule has 1 aliphatic carbocycles. The molecule has 1 saturated heterocycles. The first-order chi connectivity index (χ1) is 19.5. The number of piperazine rings is 1. The third-order valence-electron chi connectivity index (χ3n) is 8.54. The first-order valence-electron chi connectivity index (χ1n) is 14.1. The van der Waals surface area contributed by atoms with Crippen molar-refractivity contribution >= 4 is 35.1 Å².